The lowest BCUT2D eigenvalue weighted by atomic mass is 9.92. The molecule has 2 bridgehead atoms. The Morgan fingerprint density at radius 3 is 2.46 bits per heavy atom. The molecule has 26 heavy (non-hydrogen) atoms. The minimum absolute atomic E-state index is 0.0408. The Bertz CT molecular complexity index is 651. The van der Waals surface area contributed by atoms with Gasteiger partial charge < -0.3 is 9.57 Å². The maximum atomic E-state index is 11.9. The normalized spacial score (nSPS) is 26.5. The molecule has 0 spiro atoms. The van der Waals surface area contributed by atoms with Crippen molar-refractivity contribution in [2.75, 3.05) is 6.61 Å². The predicted molar refractivity (Wildman–Crippen MR) is 90.0 cm³/mol. The number of hydrogen-bond donors (Lipinski definition) is 0. The number of nitrogens with zero attached hydrogens (tertiary/aromatic N) is 1. The molecule has 1 aliphatic heterocycles. The number of allylic oxidation sites excluding steroid dienone is 3. The van der Waals surface area contributed by atoms with Crippen molar-refractivity contribution in [1.29, 1.82) is 0 Å². The summed E-state index contributed by atoms with van der Waals surface area (Å²) in [7, 11) is 0. The van der Waals surface area contributed by atoms with Gasteiger partial charge in [-0.1, -0.05) is 18.7 Å². The number of ether oxygens (including phenoxy) is 1. The van der Waals surface area contributed by atoms with Crippen LogP contribution in [0.3, 0.4) is 0 Å². The highest BCUT2D eigenvalue weighted by molar-refractivity contribution is 6.01. The van der Waals surface area contributed by atoms with Crippen molar-refractivity contribution < 1.29 is 28.8 Å². The average Bonchev–Trinajstić information content (AvgIpc) is 3.32. The number of Topliss-reactive ketones (excluding diaryl/α,β-unsaturated/α-hetero) is 1. The Labute approximate surface area is 151 Å². The molecule has 7 heteroatoms. The predicted octanol–water partition coefficient (Wildman–Crippen LogP) is 2.08. The third-order valence-electron chi connectivity index (χ3n) is 5.15. The van der Waals surface area contributed by atoms with Crippen molar-refractivity contribution in [3.63, 3.8) is 0 Å². The maximum absolute atomic E-state index is 11.9. The first kappa shape index (κ1) is 18.4. The lowest BCUT2D eigenvalue weighted by Crippen LogP contribution is -2.32. The Morgan fingerprint density at radius 1 is 1.12 bits per heavy atom. The third-order valence-corrected chi connectivity index (χ3v) is 5.15. The van der Waals surface area contributed by atoms with Crippen molar-refractivity contribution in [3.8, 4) is 0 Å². The second-order valence-electron chi connectivity index (χ2n) is 7.08. The minimum Gasteiger partial charge on any atom is -0.490 e. The minimum atomic E-state index is -0.694. The maximum Gasteiger partial charge on any atom is 0.333 e. The van der Waals surface area contributed by atoms with Gasteiger partial charge in [-0.25, -0.2) is 4.79 Å². The van der Waals surface area contributed by atoms with E-state index in [1.807, 2.05) is 0 Å². The van der Waals surface area contributed by atoms with Crippen molar-refractivity contribution in [2.45, 2.75) is 44.9 Å². The second-order valence-corrected chi connectivity index (χ2v) is 7.08. The molecule has 1 saturated carbocycles. The van der Waals surface area contributed by atoms with Gasteiger partial charge in [-0.2, -0.15) is 0 Å². The van der Waals surface area contributed by atoms with Gasteiger partial charge in [0, 0.05) is 31.6 Å². The van der Waals surface area contributed by atoms with Crippen LogP contribution in [0.25, 0.3) is 0 Å². The summed E-state index contributed by atoms with van der Waals surface area (Å²) in [6, 6.07) is 0. The van der Waals surface area contributed by atoms with Gasteiger partial charge in [0.2, 0.25) is 0 Å². The standard InChI is InChI=1S/C19H23NO6/c1-12(16-10-13-5-6-14(16)9-13)25-11-15(21)3-2-4-19(24)26-20-17(22)7-8-18(20)23/h5-6,13-14,16H,1-4,7-11H2. The Balaban J connectivity index is 1.30. The number of amides is 2. The molecule has 1 heterocycles. The zero-order valence-corrected chi connectivity index (χ0v) is 14.6. The number of fused-ring (bicyclic) bond motifs is 2. The van der Waals surface area contributed by atoms with Crippen LogP contribution in [0, 0.1) is 17.8 Å². The first-order valence-corrected chi connectivity index (χ1v) is 9.02. The number of hydrogen-bond acceptors (Lipinski definition) is 6. The highest BCUT2D eigenvalue weighted by atomic mass is 16.7. The smallest absolute Gasteiger partial charge is 0.333 e. The number of hydroxylamine groups is 2. The van der Waals surface area contributed by atoms with Gasteiger partial charge in [-0.05, 0) is 31.1 Å². The van der Waals surface area contributed by atoms with E-state index in [0.29, 0.717) is 28.6 Å². The van der Waals surface area contributed by atoms with E-state index in [0.717, 1.165) is 12.8 Å². The Morgan fingerprint density at radius 2 is 1.85 bits per heavy atom. The largest absolute Gasteiger partial charge is 0.490 e. The SMILES string of the molecule is C=C(OCC(=O)CCCC(=O)ON1C(=O)CCC1=O)C1CC2C=CC1C2. The van der Waals surface area contributed by atoms with E-state index >= 15 is 0 Å². The van der Waals surface area contributed by atoms with Crippen molar-refractivity contribution >= 4 is 23.6 Å². The monoisotopic (exact) mass is 361 g/mol. The van der Waals surface area contributed by atoms with Crippen molar-refractivity contribution in [2.24, 2.45) is 17.8 Å². The zero-order chi connectivity index (χ0) is 18.7. The van der Waals surface area contributed by atoms with Crippen LogP contribution in [0.2, 0.25) is 0 Å². The highest BCUT2D eigenvalue weighted by Gasteiger charge is 2.38. The molecule has 0 radical (unpaired) electrons. The fraction of sp³-hybridized carbons (Fsp3) is 0.579. The van der Waals surface area contributed by atoms with Crippen LogP contribution < -0.4 is 0 Å². The molecule has 0 aromatic rings. The molecule has 7 nitrogen and oxygen atoms in total. The molecule has 3 rings (SSSR count). The summed E-state index contributed by atoms with van der Waals surface area (Å²) < 4.78 is 5.54. The molecule has 0 aromatic heterocycles. The van der Waals surface area contributed by atoms with Gasteiger partial charge in [0.25, 0.3) is 11.8 Å². The van der Waals surface area contributed by atoms with E-state index in [4.69, 9.17) is 9.57 Å². The second kappa shape index (κ2) is 7.85. The zero-order valence-electron chi connectivity index (χ0n) is 14.6. The summed E-state index contributed by atoms with van der Waals surface area (Å²) in [5, 5.41) is 0.515. The van der Waals surface area contributed by atoms with Crippen molar-refractivity contribution in [3.05, 3.63) is 24.5 Å². The molecular formula is C19H23NO6. The van der Waals surface area contributed by atoms with Gasteiger partial charge >= 0.3 is 5.97 Å². The van der Waals surface area contributed by atoms with Crippen LogP contribution >= 0.6 is 0 Å². The topological polar surface area (TPSA) is 90.0 Å². The molecule has 1 saturated heterocycles. The van der Waals surface area contributed by atoms with Crippen LogP contribution in [-0.2, 0) is 28.8 Å². The number of ketones is 1. The van der Waals surface area contributed by atoms with E-state index in [9.17, 15) is 19.2 Å². The van der Waals surface area contributed by atoms with Crippen LogP contribution in [0.1, 0.15) is 44.9 Å². The number of imide groups is 1. The number of rotatable bonds is 9. The molecule has 0 aromatic carbocycles. The van der Waals surface area contributed by atoms with Gasteiger partial charge in [0.1, 0.15) is 6.61 Å². The number of carbonyl (C=O) groups excluding carboxylic acids is 4. The fourth-order valence-corrected chi connectivity index (χ4v) is 3.74. The number of carbonyl (C=O) groups is 4. The Hall–Kier alpha value is -2.44. The quantitative estimate of drug-likeness (QED) is 0.355. The van der Waals surface area contributed by atoms with Crippen LogP contribution in [0.5, 0.6) is 0 Å². The molecular weight excluding hydrogens is 338 g/mol. The lowest BCUT2D eigenvalue weighted by molar-refractivity contribution is -0.197. The summed E-state index contributed by atoms with van der Waals surface area (Å²) >= 11 is 0. The fourth-order valence-electron chi connectivity index (χ4n) is 3.74. The third kappa shape index (κ3) is 4.20. The summed E-state index contributed by atoms with van der Waals surface area (Å²) in [5.74, 6) is 0.217. The summed E-state index contributed by atoms with van der Waals surface area (Å²) in [5.41, 5.74) is 0. The molecule has 3 aliphatic rings. The van der Waals surface area contributed by atoms with Gasteiger partial charge in [-0.3, -0.25) is 14.4 Å². The Kier molecular flexibility index (Phi) is 5.54. The summed E-state index contributed by atoms with van der Waals surface area (Å²) in [6.07, 6.45) is 7.15. The van der Waals surface area contributed by atoms with E-state index < -0.39 is 17.8 Å². The molecule has 140 valence electrons. The van der Waals surface area contributed by atoms with Crippen LogP contribution in [0.15, 0.2) is 24.5 Å². The lowest BCUT2D eigenvalue weighted by Gasteiger charge is -2.20. The van der Waals surface area contributed by atoms with Crippen LogP contribution in [-0.4, -0.2) is 35.2 Å². The average molecular weight is 361 g/mol. The highest BCUT2D eigenvalue weighted by Crippen LogP contribution is 2.46. The van der Waals surface area contributed by atoms with Gasteiger partial charge in [0.05, 0.1) is 5.76 Å². The molecule has 3 atom stereocenters. The molecule has 2 amide bonds. The molecule has 2 fully saturated rings. The first-order valence-electron chi connectivity index (χ1n) is 9.02. The van der Waals surface area contributed by atoms with Crippen LogP contribution in [0.4, 0.5) is 0 Å². The van der Waals surface area contributed by atoms with E-state index in [1.54, 1.807) is 0 Å². The van der Waals surface area contributed by atoms with E-state index in [-0.39, 0.29) is 44.5 Å². The van der Waals surface area contributed by atoms with E-state index in [1.165, 1.54) is 0 Å². The molecule has 2 aliphatic carbocycles. The molecule has 3 unspecified atom stereocenters. The van der Waals surface area contributed by atoms with Gasteiger partial charge in [-0.15, -0.1) is 5.06 Å². The summed E-state index contributed by atoms with van der Waals surface area (Å²) in [4.78, 5) is 51.0. The first-order chi connectivity index (χ1) is 12.4. The van der Waals surface area contributed by atoms with Gasteiger partial charge in [0.15, 0.2) is 5.78 Å². The molecule has 0 N–H and O–H groups in total. The summed E-state index contributed by atoms with van der Waals surface area (Å²) in [6.45, 7) is 3.91. The van der Waals surface area contributed by atoms with Crippen molar-refractivity contribution in [1.82, 2.24) is 5.06 Å². The van der Waals surface area contributed by atoms with E-state index in [2.05, 4.69) is 18.7 Å².